The molecule has 0 bridgehead atoms. The van der Waals surface area contributed by atoms with Crippen LogP contribution in [0.1, 0.15) is 21.5 Å². The van der Waals surface area contributed by atoms with Crippen molar-refractivity contribution in [2.75, 3.05) is 26.3 Å². The molecule has 1 atom stereocenters. The third-order valence-electron chi connectivity index (χ3n) is 4.37. The van der Waals surface area contributed by atoms with Crippen molar-refractivity contribution in [2.45, 2.75) is 12.7 Å². The van der Waals surface area contributed by atoms with Crippen molar-refractivity contribution in [3.05, 3.63) is 69.0 Å². The molecule has 3 rings (SSSR count). The predicted octanol–water partition coefficient (Wildman–Crippen LogP) is 4.06. The average Bonchev–Trinajstić information content (AvgIpc) is 2.70. The van der Waals surface area contributed by atoms with Gasteiger partial charge in [0.25, 0.3) is 5.91 Å². The second kappa shape index (κ2) is 9.35. The molecule has 2 aromatic rings. The molecule has 0 aromatic heterocycles. The first kappa shape index (κ1) is 20.6. The van der Waals surface area contributed by atoms with Crippen LogP contribution in [0.25, 0.3) is 0 Å². The van der Waals surface area contributed by atoms with Crippen LogP contribution < -0.4 is 0 Å². The molecule has 1 amide bonds. The highest BCUT2D eigenvalue weighted by atomic mass is 35.5. The predicted molar refractivity (Wildman–Crippen MR) is 103 cm³/mol. The molecule has 8 heteroatoms. The molecule has 1 aliphatic rings. The monoisotopic (exact) mass is 422 g/mol. The molecule has 0 N–H and O–H groups in total. The van der Waals surface area contributed by atoms with Gasteiger partial charge in [-0.2, -0.15) is 5.26 Å². The zero-order valence-electron chi connectivity index (χ0n) is 14.8. The Balaban J connectivity index is 1.58. The molecule has 0 aliphatic carbocycles. The number of morpholine rings is 1. The molecule has 1 aliphatic heterocycles. The fraction of sp³-hybridized carbons (Fsp3) is 0.300. The Labute approximate surface area is 172 Å². The minimum Gasteiger partial charge on any atom is -0.374 e. The van der Waals surface area contributed by atoms with Crippen molar-refractivity contribution >= 4 is 29.1 Å². The average molecular weight is 423 g/mol. The van der Waals surface area contributed by atoms with Gasteiger partial charge in [0.1, 0.15) is 5.82 Å². The van der Waals surface area contributed by atoms with E-state index in [4.69, 9.17) is 37.9 Å². The number of halogens is 3. The first-order chi connectivity index (χ1) is 13.5. The summed E-state index contributed by atoms with van der Waals surface area (Å²) in [6.07, 6.45) is -0.347. The summed E-state index contributed by atoms with van der Waals surface area (Å²) < 4.78 is 25.4. The number of nitrogens with zero attached hydrogens (tertiary/aromatic N) is 2. The maximum absolute atomic E-state index is 14.1. The highest BCUT2D eigenvalue weighted by molar-refractivity contribution is 6.35. The van der Waals surface area contributed by atoms with Crippen molar-refractivity contribution in [1.29, 1.82) is 5.26 Å². The minimum absolute atomic E-state index is 0.0663. The molecule has 1 unspecified atom stereocenters. The van der Waals surface area contributed by atoms with E-state index in [0.29, 0.717) is 28.8 Å². The summed E-state index contributed by atoms with van der Waals surface area (Å²) in [6.45, 7) is 1.40. The van der Waals surface area contributed by atoms with E-state index in [1.165, 1.54) is 17.0 Å². The van der Waals surface area contributed by atoms with Gasteiger partial charge in [-0.25, -0.2) is 4.39 Å². The fourth-order valence-corrected chi connectivity index (χ4v) is 3.40. The van der Waals surface area contributed by atoms with Crippen molar-refractivity contribution in [3.8, 4) is 6.07 Å². The summed E-state index contributed by atoms with van der Waals surface area (Å²) in [4.78, 5) is 14.1. The Morgan fingerprint density at radius 1 is 1.32 bits per heavy atom. The van der Waals surface area contributed by atoms with Crippen LogP contribution in [-0.4, -0.2) is 43.2 Å². The van der Waals surface area contributed by atoms with Gasteiger partial charge in [-0.1, -0.05) is 29.3 Å². The number of carbonyl (C=O) groups excluding carboxylic acids is 1. The lowest BCUT2D eigenvalue weighted by molar-refractivity contribution is -0.0647. The summed E-state index contributed by atoms with van der Waals surface area (Å²) in [5.41, 5.74) is 0.790. The largest absolute Gasteiger partial charge is 0.374 e. The van der Waals surface area contributed by atoms with E-state index in [-0.39, 0.29) is 37.0 Å². The lowest BCUT2D eigenvalue weighted by Gasteiger charge is -2.33. The van der Waals surface area contributed by atoms with E-state index in [2.05, 4.69) is 0 Å². The van der Waals surface area contributed by atoms with Gasteiger partial charge in [-0.3, -0.25) is 4.79 Å². The van der Waals surface area contributed by atoms with Crippen LogP contribution in [0, 0.1) is 17.1 Å². The number of nitriles is 1. The standard InChI is InChI=1S/C20H17Cl2FN2O3/c21-17-2-1-3-18(22)16(17)12-27-11-14-10-25(6-7-28-14)20(26)15-5-4-13(9-24)8-19(15)23/h1-5,8,14H,6-7,10-12H2. The maximum Gasteiger partial charge on any atom is 0.256 e. The summed E-state index contributed by atoms with van der Waals surface area (Å²) in [5.74, 6) is -1.15. The van der Waals surface area contributed by atoms with Crippen molar-refractivity contribution in [1.82, 2.24) is 4.90 Å². The van der Waals surface area contributed by atoms with Crippen molar-refractivity contribution in [3.63, 3.8) is 0 Å². The molecule has 1 fully saturated rings. The number of ether oxygens (including phenoxy) is 2. The molecule has 28 heavy (non-hydrogen) atoms. The molecule has 2 aromatic carbocycles. The van der Waals surface area contributed by atoms with Gasteiger partial charge in [0.2, 0.25) is 0 Å². The van der Waals surface area contributed by atoms with E-state index in [0.717, 1.165) is 6.07 Å². The Kier molecular flexibility index (Phi) is 6.87. The zero-order chi connectivity index (χ0) is 20.1. The summed E-state index contributed by atoms with van der Waals surface area (Å²) in [5, 5.41) is 9.85. The van der Waals surface area contributed by atoms with Gasteiger partial charge in [-0.05, 0) is 30.3 Å². The lowest BCUT2D eigenvalue weighted by Crippen LogP contribution is -2.47. The number of amides is 1. The quantitative estimate of drug-likeness (QED) is 0.728. The molecular weight excluding hydrogens is 406 g/mol. The van der Waals surface area contributed by atoms with E-state index in [9.17, 15) is 9.18 Å². The van der Waals surface area contributed by atoms with E-state index in [1.54, 1.807) is 18.2 Å². The smallest absolute Gasteiger partial charge is 0.256 e. The van der Waals surface area contributed by atoms with Crippen LogP contribution in [0.3, 0.4) is 0 Å². The second-order valence-electron chi connectivity index (χ2n) is 6.27. The minimum atomic E-state index is -0.711. The third-order valence-corrected chi connectivity index (χ3v) is 5.07. The van der Waals surface area contributed by atoms with Gasteiger partial charge in [-0.15, -0.1) is 0 Å². The van der Waals surface area contributed by atoms with Gasteiger partial charge >= 0.3 is 0 Å². The Morgan fingerprint density at radius 2 is 2.07 bits per heavy atom. The normalized spacial score (nSPS) is 16.6. The number of hydrogen-bond donors (Lipinski definition) is 0. The zero-order valence-corrected chi connectivity index (χ0v) is 16.3. The SMILES string of the molecule is N#Cc1ccc(C(=O)N2CCOC(COCc3c(Cl)cccc3Cl)C2)c(F)c1. The molecular formula is C20H17Cl2FN2O3. The maximum atomic E-state index is 14.1. The van der Waals surface area contributed by atoms with Crippen LogP contribution >= 0.6 is 23.2 Å². The van der Waals surface area contributed by atoms with E-state index < -0.39 is 11.7 Å². The first-order valence-electron chi connectivity index (χ1n) is 8.60. The molecule has 0 saturated carbocycles. The molecule has 146 valence electrons. The Bertz CT molecular complexity index is 897. The second-order valence-corrected chi connectivity index (χ2v) is 7.08. The number of hydrogen-bond acceptors (Lipinski definition) is 4. The lowest BCUT2D eigenvalue weighted by atomic mass is 10.1. The molecule has 0 spiro atoms. The number of rotatable bonds is 5. The molecule has 1 saturated heterocycles. The summed E-state index contributed by atoms with van der Waals surface area (Å²) >= 11 is 12.2. The Morgan fingerprint density at radius 3 is 2.75 bits per heavy atom. The van der Waals surface area contributed by atoms with Gasteiger partial charge in [0.15, 0.2) is 0 Å². The fourth-order valence-electron chi connectivity index (χ4n) is 2.90. The number of benzene rings is 2. The van der Waals surface area contributed by atoms with Gasteiger partial charge in [0, 0.05) is 28.7 Å². The number of carbonyl (C=O) groups is 1. The van der Waals surface area contributed by atoms with E-state index in [1.807, 2.05) is 6.07 Å². The van der Waals surface area contributed by atoms with E-state index >= 15 is 0 Å². The van der Waals surface area contributed by atoms with Gasteiger partial charge < -0.3 is 14.4 Å². The van der Waals surface area contributed by atoms with Crippen LogP contribution in [0.4, 0.5) is 4.39 Å². The van der Waals surface area contributed by atoms with Crippen LogP contribution in [0.15, 0.2) is 36.4 Å². The topological polar surface area (TPSA) is 62.6 Å². The molecule has 5 nitrogen and oxygen atoms in total. The van der Waals surface area contributed by atoms with Crippen LogP contribution in [0.5, 0.6) is 0 Å². The van der Waals surface area contributed by atoms with Crippen molar-refractivity contribution in [2.24, 2.45) is 0 Å². The van der Waals surface area contributed by atoms with Crippen LogP contribution in [0.2, 0.25) is 10.0 Å². The molecule has 1 heterocycles. The van der Waals surface area contributed by atoms with Crippen molar-refractivity contribution < 1.29 is 18.7 Å². The highest BCUT2D eigenvalue weighted by Crippen LogP contribution is 2.25. The highest BCUT2D eigenvalue weighted by Gasteiger charge is 2.27. The van der Waals surface area contributed by atoms with Crippen LogP contribution in [-0.2, 0) is 16.1 Å². The first-order valence-corrected chi connectivity index (χ1v) is 9.36. The summed E-state index contributed by atoms with van der Waals surface area (Å²) in [6, 6.07) is 10.9. The van der Waals surface area contributed by atoms with Gasteiger partial charge in [0.05, 0.1) is 43.1 Å². The summed E-state index contributed by atoms with van der Waals surface area (Å²) in [7, 11) is 0. The molecule has 0 radical (unpaired) electrons. The third kappa shape index (κ3) is 4.81. The Hall–Kier alpha value is -2.17.